The summed E-state index contributed by atoms with van der Waals surface area (Å²) in [6.45, 7) is 1.75. The van der Waals surface area contributed by atoms with Gasteiger partial charge in [-0.3, -0.25) is 23.5 Å². The van der Waals surface area contributed by atoms with Crippen molar-refractivity contribution in [2.24, 2.45) is 0 Å². The van der Waals surface area contributed by atoms with Crippen LogP contribution in [0.25, 0.3) is 0 Å². The van der Waals surface area contributed by atoms with E-state index >= 15 is 0 Å². The summed E-state index contributed by atoms with van der Waals surface area (Å²) < 4.78 is 8.04. The minimum Gasteiger partial charge on any atom is -0.477 e. The number of hydrogen-bond donors (Lipinski definition) is 2. The standard InChI is InChI=1S/C25H27N5O5/c1-3-29-24(33)21(22(26)30(25(29)34)13-16-9-5-4-6-10-16)18(31)14-28-15-20(23(32)27-2)35-19-12-8-7-11-17(19)28/h4-12,20H,3,13-15,26H2,1-2H3,(H,27,32). The van der Waals surface area contributed by atoms with E-state index in [1.165, 1.54) is 11.6 Å². The smallest absolute Gasteiger partial charge is 0.332 e. The number of nitrogens with two attached hydrogens (primary N) is 1. The Balaban J connectivity index is 1.74. The second-order valence-corrected chi connectivity index (χ2v) is 8.16. The fourth-order valence-electron chi connectivity index (χ4n) is 4.18. The van der Waals surface area contributed by atoms with Crippen LogP contribution in [0.2, 0.25) is 0 Å². The molecule has 2 aromatic carbocycles. The van der Waals surface area contributed by atoms with Crippen LogP contribution in [0.3, 0.4) is 0 Å². The van der Waals surface area contributed by atoms with Gasteiger partial charge in [0.2, 0.25) is 0 Å². The van der Waals surface area contributed by atoms with Crippen molar-refractivity contribution in [3.05, 3.63) is 86.6 Å². The Bertz CT molecular complexity index is 1380. The van der Waals surface area contributed by atoms with Crippen molar-refractivity contribution >= 4 is 23.2 Å². The number of nitrogens with zero attached hydrogens (tertiary/aromatic N) is 3. The van der Waals surface area contributed by atoms with Crippen molar-refractivity contribution in [3.63, 3.8) is 0 Å². The molecular weight excluding hydrogens is 450 g/mol. The fourth-order valence-corrected chi connectivity index (χ4v) is 4.18. The number of rotatable bonds is 7. The number of Topliss-reactive ketones (excluding diaryl/α,β-unsaturated/α-hetero) is 1. The summed E-state index contributed by atoms with van der Waals surface area (Å²) in [6, 6.07) is 16.2. The van der Waals surface area contributed by atoms with Gasteiger partial charge in [0.25, 0.3) is 11.5 Å². The molecule has 0 radical (unpaired) electrons. The molecule has 10 heteroatoms. The van der Waals surface area contributed by atoms with Gasteiger partial charge in [0.05, 0.1) is 25.3 Å². The maximum absolute atomic E-state index is 13.5. The lowest BCUT2D eigenvalue weighted by atomic mass is 10.1. The van der Waals surface area contributed by atoms with Gasteiger partial charge in [-0.2, -0.15) is 0 Å². The SMILES string of the molecule is CCn1c(=O)c(C(=O)CN2CC(C(=O)NC)Oc3ccccc32)c(N)n(Cc2ccccc2)c1=O. The number of aromatic nitrogens is 2. The minimum absolute atomic E-state index is 0.0894. The number of carbonyl (C=O) groups is 2. The number of carbonyl (C=O) groups excluding carboxylic acids is 2. The van der Waals surface area contributed by atoms with Gasteiger partial charge in [-0.1, -0.05) is 42.5 Å². The third kappa shape index (κ3) is 4.54. The lowest BCUT2D eigenvalue weighted by Crippen LogP contribution is -2.50. The molecule has 1 atom stereocenters. The topological polar surface area (TPSA) is 129 Å². The molecule has 0 aliphatic carbocycles. The number of likely N-dealkylation sites (N-methyl/N-ethyl adjacent to an activating group) is 1. The average Bonchev–Trinajstić information content (AvgIpc) is 2.87. The third-order valence-corrected chi connectivity index (χ3v) is 5.98. The Labute approximate surface area is 201 Å². The molecule has 1 aliphatic rings. The van der Waals surface area contributed by atoms with Crippen molar-refractivity contribution in [2.45, 2.75) is 26.1 Å². The summed E-state index contributed by atoms with van der Waals surface area (Å²) in [4.78, 5) is 53.6. The quantitative estimate of drug-likeness (QED) is 0.483. The van der Waals surface area contributed by atoms with Gasteiger partial charge in [-0.25, -0.2) is 4.79 Å². The van der Waals surface area contributed by atoms with Crippen LogP contribution in [0, 0.1) is 0 Å². The van der Waals surface area contributed by atoms with Crippen LogP contribution in [-0.2, 0) is 17.9 Å². The van der Waals surface area contributed by atoms with Gasteiger partial charge >= 0.3 is 5.69 Å². The number of ketones is 1. The van der Waals surface area contributed by atoms with Crippen LogP contribution in [-0.4, -0.2) is 47.1 Å². The average molecular weight is 478 g/mol. The maximum atomic E-state index is 13.5. The lowest BCUT2D eigenvalue weighted by molar-refractivity contribution is -0.127. The van der Waals surface area contributed by atoms with E-state index in [4.69, 9.17) is 10.5 Å². The molecule has 1 unspecified atom stereocenters. The summed E-state index contributed by atoms with van der Waals surface area (Å²) in [6.07, 6.45) is -0.834. The molecule has 0 saturated heterocycles. The first kappa shape index (κ1) is 23.8. The molecule has 1 aliphatic heterocycles. The first-order chi connectivity index (χ1) is 16.8. The molecular formula is C25H27N5O5. The molecule has 0 bridgehead atoms. The Morgan fingerprint density at radius 3 is 2.43 bits per heavy atom. The predicted octanol–water partition coefficient (Wildman–Crippen LogP) is 0.857. The number of hydrogen-bond acceptors (Lipinski definition) is 7. The summed E-state index contributed by atoms with van der Waals surface area (Å²) in [5.74, 6) is -0.610. The number of para-hydroxylation sites is 2. The number of ether oxygens (including phenoxy) is 1. The minimum atomic E-state index is -0.834. The zero-order valence-corrected chi connectivity index (χ0v) is 19.6. The van der Waals surface area contributed by atoms with Gasteiger partial charge in [0.15, 0.2) is 11.9 Å². The van der Waals surface area contributed by atoms with Crippen molar-refractivity contribution in [3.8, 4) is 5.75 Å². The highest BCUT2D eigenvalue weighted by Crippen LogP contribution is 2.33. The monoisotopic (exact) mass is 477 g/mol. The summed E-state index contributed by atoms with van der Waals surface area (Å²) in [5, 5.41) is 2.55. The predicted molar refractivity (Wildman–Crippen MR) is 132 cm³/mol. The number of amides is 1. The second-order valence-electron chi connectivity index (χ2n) is 8.16. The molecule has 0 spiro atoms. The molecule has 35 heavy (non-hydrogen) atoms. The summed E-state index contributed by atoms with van der Waals surface area (Å²) in [5.41, 5.74) is 6.14. The van der Waals surface area contributed by atoms with Gasteiger partial charge in [-0.05, 0) is 24.6 Å². The zero-order valence-electron chi connectivity index (χ0n) is 19.6. The molecule has 3 aromatic rings. The van der Waals surface area contributed by atoms with Crippen LogP contribution >= 0.6 is 0 Å². The molecule has 182 valence electrons. The Morgan fingerprint density at radius 2 is 1.74 bits per heavy atom. The van der Waals surface area contributed by atoms with Crippen molar-refractivity contribution < 1.29 is 14.3 Å². The van der Waals surface area contributed by atoms with Crippen LogP contribution in [0.4, 0.5) is 11.5 Å². The highest BCUT2D eigenvalue weighted by atomic mass is 16.5. The maximum Gasteiger partial charge on any atom is 0.332 e. The fraction of sp³-hybridized carbons (Fsp3) is 0.280. The first-order valence-corrected chi connectivity index (χ1v) is 11.3. The molecule has 1 amide bonds. The Morgan fingerprint density at radius 1 is 1.06 bits per heavy atom. The number of benzene rings is 2. The number of anilines is 2. The van der Waals surface area contributed by atoms with Crippen LogP contribution in [0.1, 0.15) is 22.8 Å². The van der Waals surface area contributed by atoms with Crippen molar-refractivity contribution in [2.75, 3.05) is 30.8 Å². The van der Waals surface area contributed by atoms with E-state index in [-0.39, 0.29) is 43.5 Å². The largest absolute Gasteiger partial charge is 0.477 e. The Hall–Kier alpha value is -4.34. The molecule has 3 N–H and O–H groups in total. The lowest BCUT2D eigenvalue weighted by Gasteiger charge is -2.35. The van der Waals surface area contributed by atoms with Gasteiger partial charge in [0, 0.05) is 13.6 Å². The molecule has 1 aromatic heterocycles. The highest BCUT2D eigenvalue weighted by Gasteiger charge is 2.32. The van der Waals surface area contributed by atoms with E-state index in [0.717, 1.165) is 10.1 Å². The highest BCUT2D eigenvalue weighted by molar-refractivity contribution is 6.03. The van der Waals surface area contributed by atoms with Gasteiger partial charge in [-0.15, -0.1) is 0 Å². The molecule has 0 saturated carbocycles. The first-order valence-electron chi connectivity index (χ1n) is 11.3. The molecule has 2 heterocycles. The summed E-state index contributed by atoms with van der Waals surface area (Å²) >= 11 is 0. The Kier molecular flexibility index (Phi) is 6.72. The van der Waals surface area contributed by atoms with Crippen molar-refractivity contribution in [1.29, 1.82) is 0 Å². The second kappa shape index (κ2) is 9.88. The van der Waals surface area contributed by atoms with Gasteiger partial charge < -0.3 is 20.7 Å². The normalized spacial score (nSPS) is 14.7. The molecule has 0 fully saturated rings. The van der Waals surface area contributed by atoms with E-state index in [1.807, 2.05) is 30.3 Å². The number of fused-ring (bicyclic) bond motifs is 1. The molecule has 4 rings (SSSR count). The van der Waals surface area contributed by atoms with Gasteiger partial charge in [0.1, 0.15) is 17.1 Å². The zero-order chi connectivity index (χ0) is 25.1. The van der Waals surface area contributed by atoms with E-state index < -0.39 is 23.1 Å². The van der Waals surface area contributed by atoms with Crippen LogP contribution in [0.5, 0.6) is 5.75 Å². The molecule has 10 nitrogen and oxygen atoms in total. The number of nitrogens with one attached hydrogen (secondary N) is 1. The van der Waals surface area contributed by atoms with E-state index in [0.29, 0.717) is 11.4 Å². The van der Waals surface area contributed by atoms with Crippen LogP contribution < -0.4 is 31.9 Å². The van der Waals surface area contributed by atoms with Crippen molar-refractivity contribution in [1.82, 2.24) is 14.5 Å². The summed E-state index contributed by atoms with van der Waals surface area (Å²) in [7, 11) is 1.51. The third-order valence-electron chi connectivity index (χ3n) is 5.98. The van der Waals surface area contributed by atoms with E-state index in [2.05, 4.69) is 5.32 Å². The van der Waals surface area contributed by atoms with Crippen LogP contribution in [0.15, 0.2) is 64.2 Å². The van der Waals surface area contributed by atoms with E-state index in [9.17, 15) is 19.2 Å². The number of nitrogen functional groups attached to an aromatic ring is 1. The van der Waals surface area contributed by atoms with E-state index in [1.54, 1.807) is 36.1 Å².